The standard InChI is InChI=1S/C15H30N2O/c1-13-4-2-6-15(8-13,11-16)12-17-7-3-5-14(9-17)10-18/h13-14,18H,2-12,16H2,1H3. The molecule has 2 aliphatic rings. The molecule has 0 aromatic heterocycles. The molecule has 3 atom stereocenters. The van der Waals surface area contributed by atoms with Crippen molar-refractivity contribution in [1.29, 1.82) is 0 Å². The summed E-state index contributed by atoms with van der Waals surface area (Å²) in [6, 6.07) is 0. The predicted octanol–water partition coefficient (Wildman–Crippen LogP) is 1.85. The van der Waals surface area contributed by atoms with Crippen LogP contribution in [0.4, 0.5) is 0 Å². The van der Waals surface area contributed by atoms with Crippen molar-refractivity contribution in [2.24, 2.45) is 23.0 Å². The van der Waals surface area contributed by atoms with Gasteiger partial charge in [-0.25, -0.2) is 0 Å². The molecule has 0 aromatic rings. The normalized spacial score (nSPS) is 38.8. The maximum Gasteiger partial charge on any atom is 0.0471 e. The van der Waals surface area contributed by atoms with Gasteiger partial charge < -0.3 is 15.7 Å². The topological polar surface area (TPSA) is 49.5 Å². The molecule has 3 N–H and O–H groups in total. The lowest BCUT2D eigenvalue weighted by Crippen LogP contribution is -2.48. The van der Waals surface area contributed by atoms with Crippen molar-refractivity contribution in [1.82, 2.24) is 4.90 Å². The Bertz CT molecular complexity index is 259. The van der Waals surface area contributed by atoms with Crippen LogP contribution in [0.2, 0.25) is 0 Å². The minimum Gasteiger partial charge on any atom is -0.396 e. The van der Waals surface area contributed by atoms with Gasteiger partial charge in [-0.05, 0) is 56.0 Å². The number of aliphatic hydroxyl groups excluding tert-OH is 1. The van der Waals surface area contributed by atoms with Crippen molar-refractivity contribution < 1.29 is 5.11 Å². The van der Waals surface area contributed by atoms with E-state index in [1.54, 1.807) is 0 Å². The number of rotatable bonds is 4. The highest BCUT2D eigenvalue weighted by molar-refractivity contribution is 4.90. The van der Waals surface area contributed by atoms with Gasteiger partial charge in [-0.2, -0.15) is 0 Å². The largest absolute Gasteiger partial charge is 0.396 e. The average molecular weight is 254 g/mol. The molecule has 1 saturated heterocycles. The number of nitrogens with zero attached hydrogens (tertiary/aromatic N) is 1. The Morgan fingerprint density at radius 2 is 2.17 bits per heavy atom. The van der Waals surface area contributed by atoms with Gasteiger partial charge in [0.1, 0.15) is 0 Å². The van der Waals surface area contributed by atoms with Crippen LogP contribution in [0.15, 0.2) is 0 Å². The zero-order valence-corrected chi connectivity index (χ0v) is 11.9. The first-order valence-corrected chi connectivity index (χ1v) is 7.71. The van der Waals surface area contributed by atoms with E-state index in [-0.39, 0.29) is 0 Å². The Balaban J connectivity index is 1.92. The summed E-state index contributed by atoms with van der Waals surface area (Å²) in [5, 5.41) is 9.33. The van der Waals surface area contributed by atoms with Gasteiger partial charge in [-0.1, -0.05) is 19.8 Å². The zero-order valence-electron chi connectivity index (χ0n) is 11.9. The van der Waals surface area contributed by atoms with E-state index in [4.69, 9.17) is 5.73 Å². The van der Waals surface area contributed by atoms with Gasteiger partial charge >= 0.3 is 0 Å². The molecule has 0 aromatic carbocycles. The van der Waals surface area contributed by atoms with Crippen LogP contribution < -0.4 is 5.73 Å². The lowest BCUT2D eigenvalue weighted by molar-refractivity contribution is 0.0505. The fourth-order valence-electron chi connectivity index (χ4n) is 4.08. The molecule has 106 valence electrons. The van der Waals surface area contributed by atoms with Crippen LogP contribution in [0.5, 0.6) is 0 Å². The van der Waals surface area contributed by atoms with E-state index in [1.165, 1.54) is 45.1 Å². The van der Waals surface area contributed by atoms with Crippen LogP contribution in [0, 0.1) is 17.3 Å². The fourth-order valence-corrected chi connectivity index (χ4v) is 4.08. The molecular formula is C15H30N2O. The van der Waals surface area contributed by atoms with Gasteiger partial charge in [0.15, 0.2) is 0 Å². The second-order valence-electron chi connectivity index (χ2n) is 6.83. The van der Waals surface area contributed by atoms with E-state index >= 15 is 0 Å². The third kappa shape index (κ3) is 3.46. The molecule has 0 spiro atoms. The van der Waals surface area contributed by atoms with Crippen LogP contribution in [-0.4, -0.2) is 42.8 Å². The van der Waals surface area contributed by atoms with E-state index in [1.807, 2.05) is 0 Å². The molecule has 3 nitrogen and oxygen atoms in total. The lowest BCUT2D eigenvalue weighted by atomic mass is 9.69. The highest BCUT2D eigenvalue weighted by Gasteiger charge is 2.36. The summed E-state index contributed by atoms with van der Waals surface area (Å²) < 4.78 is 0. The molecule has 0 amide bonds. The van der Waals surface area contributed by atoms with Crippen molar-refractivity contribution in [3.8, 4) is 0 Å². The number of aliphatic hydroxyl groups is 1. The van der Waals surface area contributed by atoms with E-state index in [2.05, 4.69) is 11.8 Å². The highest BCUT2D eigenvalue weighted by Crippen LogP contribution is 2.39. The third-order valence-corrected chi connectivity index (χ3v) is 5.04. The maximum atomic E-state index is 9.33. The minimum absolute atomic E-state index is 0.350. The summed E-state index contributed by atoms with van der Waals surface area (Å²) in [7, 11) is 0. The molecule has 3 heteroatoms. The maximum absolute atomic E-state index is 9.33. The Morgan fingerprint density at radius 3 is 2.83 bits per heavy atom. The van der Waals surface area contributed by atoms with E-state index in [9.17, 15) is 5.11 Å². The van der Waals surface area contributed by atoms with Gasteiger partial charge in [-0.3, -0.25) is 0 Å². The molecule has 1 aliphatic carbocycles. The number of piperidine rings is 1. The molecule has 1 aliphatic heterocycles. The van der Waals surface area contributed by atoms with Crippen molar-refractivity contribution in [2.75, 3.05) is 32.8 Å². The molecule has 3 unspecified atom stereocenters. The van der Waals surface area contributed by atoms with E-state index in [0.29, 0.717) is 17.9 Å². The molecule has 1 heterocycles. The molecule has 0 bridgehead atoms. The van der Waals surface area contributed by atoms with Gasteiger partial charge in [0.25, 0.3) is 0 Å². The van der Waals surface area contributed by atoms with Crippen molar-refractivity contribution >= 4 is 0 Å². The Kier molecular flexibility index (Phi) is 5.05. The summed E-state index contributed by atoms with van der Waals surface area (Å²) in [6.07, 6.45) is 7.75. The van der Waals surface area contributed by atoms with E-state index < -0.39 is 0 Å². The van der Waals surface area contributed by atoms with Gasteiger partial charge in [0.05, 0.1) is 0 Å². The van der Waals surface area contributed by atoms with Crippen LogP contribution >= 0.6 is 0 Å². The first-order chi connectivity index (χ1) is 8.67. The van der Waals surface area contributed by atoms with Crippen LogP contribution in [0.3, 0.4) is 0 Å². The molecule has 1 saturated carbocycles. The monoisotopic (exact) mass is 254 g/mol. The summed E-state index contributed by atoms with van der Waals surface area (Å²) >= 11 is 0. The van der Waals surface area contributed by atoms with E-state index in [0.717, 1.165) is 25.6 Å². The average Bonchev–Trinajstić information content (AvgIpc) is 2.39. The Labute approximate surface area is 112 Å². The molecule has 0 radical (unpaired) electrons. The van der Waals surface area contributed by atoms with Crippen LogP contribution in [0.25, 0.3) is 0 Å². The SMILES string of the molecule is CC1CCCC(CN)(CN2CCCC(CO)C2)C1. The first kappa shape index (κ1) is 14.3. The molecule has 18 heavy (non-hydrogen) atoms. The predicted molar refractivity (Wildman–Crippen MR) is 75.4 cm³/mol. The number of nitrogens with two attached hydrogens (primary N) is 1. The van der Waals surface area contributed by atoms with Crippen molar-refractivity contribution in [2.45, 2.75) is 45.4 Å². The highest BCUT2D eigenvalue weighted by atomic mass is 16.3. The van der Waals surface area contributed by atoms with Crippen molar-refractivity contribution in [3.05, 3.63) is 0 Å². The first-order valence-electron chi connectivity index (χ1n) is 7.71. The van der Waals surface area contributed by atoms with Gasteiger partial charge in [0, 0.05) is 19.7 Å². The quantitative estimate of drug-likeness (QED) is 0.805. The Hall–Kier alpha value is -0.120. The van der Waals surface area contributed by atoms with Gasteiger partial charge in [0.2, 0.25) is 0 Å². The Morgan fingerprint density at radius 1 is 1.33 bits per heavy atom. The van der Waals surface area contributed by atoms with Crippen LogP contribution in [-0.2, 0) is 0 Å². The number of hydrogen-bond acceptors (Lipinski definition) is 3. The second-order valence-corrected chi connectivity index (χ2v) is 6.83. The molecule has 2 fully saturated rings. The summed E-state index contributed by atoms with van der Waals surface area (Å²) in [6.45, 7) is 6.99. The lowest BCUT2D eigenvalue weighted by Gasteiger charge is -2.44. The fraction of sp³-hybridized carbons (Fsp3) is 1.00. The van der Waals surface area contributed by atoms with Gasteiger partial charge in [-0.15, -0.1) is 0 Å². The number of hydrogen-bond donors (Lipinski definition) is 2. The van der Waals surface area contributed by atoms with Crippen LogP contribution in [0.1, 0.15) is 45.4 Å². The summed E-state index contributed by atoms with van der Waals surface area (Å²) in [5.74, 6) is 1.33. The summed E-state index contributed by atoms with van der Waals surface area (Å²) in [4.78, 5) is 2.56. The smallest absolute Gasteiger partial charge is 0.0471 e. The molecule has 2 rings (SSSR count). The molecular weight excluding hydrogens is 224 g/mol. The third-order valence-electron chi connectivity index (χ3n) is 5.04. The number of likely N-dealkylation sites (tertiary alicyclic amines) is 1. The second kappa shape index (κ2) is 6.36. The minimum atomic E-state index is 0.350. The summed E-state index contributed by atoms with van der Waals surface area (Å²) in [5.41, 5.74) is 6.46. The zero-order chi connectivity index (χ0) is 13.0. The van der Waals surface area contributed by atoms with Crippen molar-refractivity contribution in [3.63, 3.8) is 0 Å².